The van der Waals surface area contributed by atoms with Crippen LogP contribution in [0, 0.1) is 0 Å². The number of ether oxygens (including phenoxy) is 1. The van der Waals surface area contributed by atoms with E-state index in [1.165, 1.54) is 4.31 Å². The largest absolute Gasteiger partial charge is 0.480 e. The fourth-order valence-electron chi connectivity index (χ4n) is 2.32. The first-order valence-electron chi connectivity index (χ1n) is 7.02. The maximum absolute atomic E-state index is 12.6. The predicted octanol–water partition coefficient (Wildman–Crippen LogP) is 0.529. The van der Waals surface area contributed by atoms with Gasteiger partial charge in [0.25, 0.3) is 10.2 Å². The van der Waals surface area contributed by atoms with Crippen molar-refractivity contribution in [2.45, 2.75) is 39.2 Å². The van der Waals surface area contributed by atoms with Crippen LogP contribution < -0.4 is 0 Å². The molecular weight excluding hydrogens is 284 g/mol. The summed E-state index contributed by atoms with van der Waals surface area (Å²) >= 11 is 0. The predicted molar refractivity (Wildman–Crippen MR) is 74.6 cm³/mol. The number of aliphatic carboxylic acids is 1. The average Bonchev–Trinajstić information content (AvgIpc) is 2.43. The topological polar surface area (TPSA) is 87.2 Å². The highest BCUT2D eigenvalue weighted by Crippen LogP contribution is 2.22. The van der Waals surface area contributed by atoms with Crippen LogP contribution in [0.4, 0.5) is 0 Å². The molecule has 0 saturated carbocycles. The molecule has 1 fully saturated rings. The van der Waals surface area contributed by atoms with Crippen LogP contribution in [0.3, 0.4) is 0 Å². The van der Waals surface area contributed by atoms with Crippen molar-refractivity contribution in [3.8, 4) is 0 Å². The highest BCUT2D eigenvalue weighted by atomic mass is 32.2. The molecule has 1 saturated heterocycles. The molecule has 1 unspecified atom stereocenters. The molecule has 1 heterocycles. The molecule has 1 aliphatic heterocycles. The molecule has 8 heteroatoms. The van der Waals surface area contributed by atoms with Crippen molar-refractivity contribution in [1.29, 1.82) is 0 Å². The Balaban J connectivity index is 2.84. The Morgan fingerprint density at radius 1 is 1.40 bits per heavy atom. The lowest BCUT2D eigenvalue weighted by molar-refractivity contribution is -0.142. The number of likely N-dealkylation sites (N-methyl/N-ethyl adjacent to an activating group) is 1. The standard InChI is InChI=1S/C12H24N2O5S/c1-3-13(9-10-19-4-2)20(17,18)14-8-6-5-7-11(14)12(15)16/h11H,3-10H2,1-2H3,(H,15,16). The number of rotatable bonds is 8. The van der Waals surface area contributed by atoms with E-state index in [1.54, 1.807) is 6.92 Å². The smallest absolute Gasteiger partial charge is 0.322 e. The van der Waals surface area contributed by atoms with E-state index < -0.39 is 22.2 Å². The molecule has 0 amide bonds. The van der Waals surface area contributed by atoms with Crippen LogP contribution in [0.1, 0.15) is 33.1 Å². The van der Waals surface area contributed by atoms with Gasteiger partial charge in [0.1, 0.15) is 6.04 Å². The summed E-state index contributed by atoms with van der Waals surface area (Å²) in [4.78, 5) is 11.2. The third kappa shape index (κ3) is 4.15. The molecule has 0 aromatic rings. The highest BCUT2D eigenvalue weighted by Gasteiger charge is 2.39. The van der Waals surface area contributed by atoms with Gasteiger partial charge in [-0.1, -0.05) is 6.92 Å². The highest BCUT2D eigenvalue weighted by molar-refractivity contribution is 7.86. The Bertz CT molecular complexity index is 412. The van der Waals surface area contributed by atoms with Gasteiger partial charge in [-0.05, 0) is 26.2 Å². The van der Waals surface area contributed by atoms with Crippen LogP contribution in [0.25, 0.3) is 0 Å². The van der Waals surface area contributed by atoms with E-state index in [2.05, 4.69) is 0 Å². The van der Waals surface area contributed by atoms with Crippen LogP contribution in [0.15, 0.2) is 0 Å². The Kier molecular flexibility index (Phi) is 6.87. The second-order valence-corrected chi connectivity index (χ2v) is 6.54. The minimum Gasteiger partial charge on any atom is -0.480 e. The van der Waals surface area contributed by atoms with Crippen molar-refractivity contribution >= 4 is 16.2 Å². The molecule has 1 N–H and O–H groups in total. The average molecular weight is 308 g/mol. The van der Waals surface area contributed by atoms with Gasteiger partial charge in [-0.2, -0.15) is 17.0 Å². The zero-order valence-corrected chi connectivity index (χ0v) is 12.9. The van der Waals surface area contributed by atoms with Crippen LogP contribution in [-0.2, 0) is 19.7 Å². The first kappa shape index (κ1) is 17.4. The van der Waals surface area contributed by atoms with Gasteiger partial charge in [0, 0.05) is 26.2 Å². The summed E-state index contributed by atoms with van der Waals surface area (Å²) in [6, 6.07) is -0.949. The van der Waals surface area contributed by atoms with E-state index in [1.807, 2.05) is 6.92 Å². The van der Waals surface area contributed by atoms with Crippen molar-refractivity contribution in [1.82, 2.24) is 8.61 Å². The van der Waals surface area contributed by atoms with Gasteiger partial charge in [0.05, 0.1) is 6.61 Å². The van der Waals surface area contributed by atoms with Crippen LogP contribution in [-0.4, -0.2) is 67.0 Å². The van der Waals surface area contributed by atoms with Gasteiger partial charge < -0.3 is 9.84 Å². The summed E-state index contributed by atoms with van der Waals surface area (Å²) in [5.41, 5.74) is 0. The van der Waals surface area contributed by atoms with Gasteiger partial charge in [-0.15, -0.1) is 0 Å². The zero-order chi connectivity index (χ0) is 15.2. The molecule has 1 aliphatic rings. The fourth-order valence-corrected chi connectivity index (χ4v) is 4.13. The summed E-state index contributed by atoms with van der Waals surface area (Å²) in [5.74, 6) is -1.07. The molecule has 0 radical (unpaired) electrons. The number of carboxylic acids is 1. The molecule has 1 rings (SSSR count). The number of nitrogens with zero attached hydrogens (tertiary/aromatic N) is 2. The van der Waals surface area contributed by atoms with Gasteiger partial charge in [-0.25, -0.2) is 0 Å². The summed E-state index contributed by atoms with van der Waals surface area (Å²) in [7, 11) is -3.74. The third-order valence-electron chi connectivity index (χ3n) is 3.40. The van der Waals surface area contributed by atoms with Crippen molar-refractivity contribution in [3.05, 3.63) is 0 Å². The number of carbonyl (C=O) groups is 1. The second kappa shape index (κ2) is 7.92. The first-order chi connectivity index (χ1) is 9.45. The lowest BCUT2D eigenvalue weighted by Gasteiger charge is -2.35. The Morgan fingerprint density at radius 3 is 2.65 bits per heavy atom. The lowest BCUT2D eigenvalue weighted by atomic mass is 10.1. The summed E-state index contributed by atoms with van der Waals surface area (Å²) in [6.45, 7) is 5.24. The number of piperidine rings is 1. The molecule has 1 atom stereocenters. The first-order valence-corrected chi connectivity index (χ1v) is 8.42. The van der Waals surface area contributed by atoms with Crippen LogP contribution >= 0.6 is 0 Å². The van der Waals surface area contributed by atoms with Gasteiger partial charge in [0.15, 0.2) is 0 Å². The van der Waals surface area contributed by atoms with E-state index in [-0.39, 0.29) is 13.1 Å². The summed E-state index contributed by atoms with van der Waals surface area (Å²) in [5, 5.41) is 9.19. The lowest BCUT2D eigenvalue weighted by Crippen LogP contribution is -2.53. The molecule has 0 aromatic carbocycles. The van der Waals surface area contributed by atoms with Crippen LogP contribution in [0.5, 0.6) is 0 Å². The van der Waals surface area contributed by atoms with E-state index in [0.29, 0.717) is 32.6 Å². The molecule has 0 spiro atoms. The van der Waals surface area contributed by atoms with Crippen molar-refractivity contribution in [2.24, 2.45) is 0 Å². The van der Waals surface area contributed by atoms with Crippen molar-refractivity contribution < 1.29 is 23.1 Å². The second-order valence-electron chi connectivity index (χ2n) is 4.66. The number of hydrogen-bond donors (Lipinski definition) is 1. The molecule has 118 valence electrons. The van der Waals surface area contributed by atoms with Crippen LogP contribution in [0.2, 0.25) is 0 Å². The monoisotopic (exact) mass is 308 g/mol. The quantitative estimate of drug-likeness (QED) is 0.661. The number of carboxylic acid groups (broad SMARTS) is 1. The Labute approximate surface area is 120 Å². The minimum atomic E-state index is -3.74. The molecule has 7 nitrogen and oxygen atoms in total. The minimum absolute atomic E-state index is 0.246. The SMILES string of the molecule is CCOCCN(CC)S(=O)(=O)N1CCCCC1C(=O)O. The van der Waals surface area contributed by atoms with E-state index >= 15 is 0 Å². The number of hydrogen-bond acceptors (Lipinski definition) is 4. The summed E-state index contributed by atoms with van der Waals surface area (Å²) in [6.07, 6.45) is 1.82. The molecule has 0 aromatic heterocycles. The van der Waals surface area contributed by atoms with E-state index in [0.717, 1.165) is 10.7 Å². The Morgan fingerprint density at radius 2 is 2.10 bits per heavy atom. The van der Waals surface area contributed by atoms with E-state index in [4.69, 9.17) is 4.74 Å². The summed E-state index contributed by atoms with van der Waals surface area (Å²) < 4.78 is 32.7. The molecule has 20 heavy (non-hydrogen) atoms. The van der Waals surface area contributed by atoms with Gasteiger partial charge >= 0.3 is 5.97 Å². The zero-order valence-electron chi connectivity index (χ0n) is 12.1. The van der Waals surface area contributed by atoms with E-state index in [9.17, 15) is 18.3 Å². The normalized spacial score (nSPS) is 21.2. The molecular formula is C12H24N2O5S. The van der Waals surface area contributed by atoms with Crippen molar-refractivity contribution in [2.75, 3.05) is 32.8 Å². The maximum Gasteiger partial charge on any atom is 0.322 e. The Hall–Kier alpha value is -0.700. The van der Waals surface area contributed by atoms with Gasteiger partial charge in [0.2, 0.25) is 0 Å². The van der Waals surface area contributed by atoms with Gasteiger partial charge in [-0.3, -0.25) is 4.79 Å². The van der Waals surface area contributed by atoms with Crippen molar-refractivity contribution in [3.63, 3.8) is 0 Å². The third-order valence-corrected chi connectivity index (χ3v) is 5.53. The molecule has 0 bridgehead atoms. The molecule has 0 aliphatic carbocycles. The maximum atomic E-state index is 12.6. The fraction of sp³-hybridized carbons (Fsp3) is 0.917.